The molecule has 0 spiro atoms. The molecule has 312 valence electrons. The van der Waals surface area contributed by atoms with Gasteiger partial charge >= 0.3 is 0 Å². The Kier molecular flexibility index (Phi) is 25.3. The van der Waals surface area contributed by atoms with Crippen molar-refractivity contribution in [2.24, 2.45) is 0 Å². The van der Waals surface area contributed by atoms with Gasteiger partial charge in [-0.05, 0) is 38.5 Å². The Balaban J connectivity index is 1.96. The highest BCUT2D eigenvalue weighted by Crippen LogP contribution is 2.30. The van der Waals surface area contributed by atoms with Crippen molar-refractivity contribution >= 4 is 5.91 Å². The van der Waals surface area contributed by atoms with Gasteiger partial charge in [-0.1, -0.05) is 107 Å². The molecule has 9 N–H and O–H groups in total. The summed E-state index contributed by atoms with van der Waals surface area (Å²) in [5.41, 5.74) is 0. The first-order chi connectivity index (χ1) is 26.1. The van der Waals surface area contributed by atoms with E-state index in [1.165, 1.54) is 12.8 Å². The third kappa shape index (κ3) is 17.4. The third-order valence-corrected chi connectivity index (χ3v) is 9.57. The summed E-state index contributed by atoms with van der Waals surface area (Å²) >= 11 is 0. The summed E-state index contributed by atoms with van der Waals surface area (Å²) in [5.74, 6) is -0.295. The van der Waals surface area contributed by atoms with Crippen LogP contribution in [0.3, 0.4) is 0 Å². The van der Waals surface area contributed by atoms with Gasteiger partial charge in [0.1, 0.15) is 48.8 Å². The molecule has 2 aliphatic heterocycles. The first-order valence-corrected chi connectivity index (χ1v) is 19.9. The lowest BCUT2D eigenvalue weighted by molar-refractivity contribution is -0.359. The molecular weight excluding hydrogens is 702 g/mol. The molecule has 2 rings (SSSR count). The molecule has 1 amide bonds. The fourth-order valence-electron chi connectivity index (χ4n) is 6.24. The minimum Gasteiger partial charge on any atom is -0.394 e. The Morgan fingerprint density at radius 1 is 0.685 bits per heavy atom. The number of ether oxygens (including phenoxy) is 4. The minimum absolute atomic E-state index is 0.180. The monoisotopic (exact) mass is 771 g/mol. The number of aliphatic hydroxyl groups is 8. The maximum atomic E-state index is 13.0. The van der Waals surface area contributed by atoms with Gasteiger partial charge < -0.3 is 65.1 Å². The van der Waals surface area contributed by atoms with E-state index in [1.54, 1.807) is 0 Å². The Morgan fingerprint density at radius 3 is 1.85 bits per heavy atom. The Hall–Kier alpha value is -2.05. The van der Waals surface area contributed by atoms with E-state index in [4.69, 9.17) is 18.9 Å². The van der Waals surface area contributed by atoms with E-state index in [-0.39, 0.29) is 18.9 Å². The lowest BCUT2D eigenvalue weighted by Crippen LogP contribution is -2.65. The van der Waals surface area contributed by atoms with E-state index < -0.39 is 86.8 Å². The fraction of sp³-hybridized carbons (Fsp3) is 0.775. The maximum absolute atomic E-state index is 13.0. The van der Waals surface area contributed by atoms with Gasteiger partial charge in [-0.15, -0.1) is 0 Å². The van der Waals surface area contributed by atoms with Crippen LogP contribution < -0.4 is 5.32 Å². The van der Waals surface area contributed by atoms with Crippen LogP contribution in [0.25, 0.3) is 0 Å². The zero-order valence-corrected chi connectivity index (χ0v) is 32.2. The number of allylic oxidation sites excluding steroid dienone is 8. The molecule has 14 heteroatoms. The second-order valence-electron chi connectivity index (χ2n) is 14.0. The molecular formula is C40H69NO13. The lowest BCUT2D eigenvalue weighted by Gasteiger charge is -2.46. The van der Waals surface area contributed by atoms with Gasteiger partial charge in [0.25, 0.3) is 0 Å². The van der Waals surface area contributed by atoms with Crippen molar-refractivity contribution in [3.05, 3.63) is 48.6 Å². The number of rotatable bonds is 27. The van der Waals surface area contributed by atoms with Crippen molar-refractivity contribution in [2.45, 2.75) is 177 Å². The molecule has 14 nitrogen and oxygen atoms in total. The van der Waals surface area contributed by atoms with Gasteiger partial charge in [-0.2, -0.15) is 0 Å². The highest BCUT2D eigenvalue weighted by Gasteiger charge is 2.50. The predicted molar refractivity (Wildman–Crippen MR) is 203 cm³/mol. The SMILES string of the molecule is CC/C=C\C/C=C\C/C=C\C/C=C\CCC(=O)NC(COC1OC(CO)C(OC2OC(CO)C(O)C(O)C2O)C(O)C1O)C(O)CCCCCCCCC. The predicted octanol–water partition coefficient (Wildman–Crippen LogP) is 2.20. The van der Waals surface area contributed by atoms with Crippen molar-refractivity contribution in [3.63, 3.8) is 0 Å². The smallest absolute Gasteiger partial charge is 0.220 e. The topological polar surface area (TPSA) is 228 Å². The molecule has 0 bridgehead atoms. The fourth-order valence-corrected chi connectivity index (χ4v) is 6.24. The Morgan fingerprint density at radius 2 is 1.24 bits per heavy atom. The standard InChI is InChI=1S/C40H69NO13/c1-3-5-7-9-11-12-13-14-15-16-18-20-22-24-32(45)41-28(29(44)23-21-19-17-10-8-6-4-2)27-51-39-37(50)35(48)38(31(26-43)53-39)54-40-36(49)34(47)33(46)30(25-42)52-40/h5,7,11-12,14-15,18,20,28-31,33-40,42-44,46-50H,3-4,6,8-10,13,16-17,19,21-27H2,1-2H3,(H,41,45)/b7-5-,12-11-,15-14-,20-18-. The molecule has 12 atom stereocenters. The van der Waals surface area contributed by atoms with Crippen LogP contribution >= 0.6 is 0 Å². The van der Waals surface area contributed by atoms with E-state index >= 15 is 0 Å². The molecule has 2 heterocycles. The number of carbonyl (C=O) groups is 1. The lowest BCUT2D eigenvalue weighted by atomic mass is 9.97. The van der Waals surface area contributed by atoms with Crippen molar-refractivity contribution in [1.29, 1.82) is 0 Å². The number of hydrogen-bond acceptors (Lipinski definition) is 13. The summed E-state index contributed by atoms with van der Waals surface area (Å²) in [6.45, 7) is 2.57. The summed E-state index contributed by atoms with van der Waals surface area (Å²) in [6.07, 6.45) is 11.8. The maximum Gasteiger partial charge on any atom is 0.220 e. The van der Waals surface area contributed by atoms with E-state index in [0.29, 0.717) is 12.8 Å². The van der Waals surface area contributed by atoms with Crippen LogP contribution in [-0.4, -0.2) is 140 Å². The largest absolute Gasteiger partial charge is 0.394 e. The van der Waals surface area contributed by atoms with E-state index in [9.17, 15) is 45.6 Å². The van der Waals surface area contributed by atoms with Crippen molar-refractivity contribution in [2.75, 3.05) is 19.8 Å². The molecule has 0 aromatic rings. The molecule has 0 saturated carbocycles. The van der Waals surface area contributed by atoms with E-state index in [1.807, 2.05) is 12.2 Å². The number of hydrogen-bond donors (Lipinski definition) is 9. The average Bonchev–Trinajstić information content (AvgIpc) is 3.17. The quantitative estimate of drug-likeness (QED) is 0.0432. The van der Waals surface area contributed by atoms with Crippen molar-refractivity contribution in [1.82, 2.24) is 5.32 Å². The van der Waals surface area contributed by atoms with Crippen molar-refractivity contribution < 1.29 is 64.6 Å². The summed E-state index contributed by atoms with van der Waals surface area (Å²) < 4.78 is 22.5. The van der Waals surface area contributed by atoms with Gasteiger partial charge in [0.2, 0.25) is 5.91 Å². The van der Waals surface area contributed by atoms with Crippen LogP contribution in [0, 0.1) is 0 Å². The zero-order chi connectivity index (χ0) is 39.7. The second-order valence-corrected chi connectivity index (χ2v) is 14.0. The number of carbonyl (C=O) groups excluding carboxylic acids is 1. The first-order valence-electron chi connectivity index (χ1n) is 19.9. The van der Waals surface area contributed by atoms with Crippen LogP contribution in [0.5, 0.6) is 0 Å². The molecule has 0 radical (unpaired) electrons. The molecule has 12 unspecified atom stereocenters. The minimum atomic E-state index is -1.79. The van der Waals surface area contributed by atoms with Gasteiger partial charge in [-0.25, -0.2) is 0 Å². The molecule has 2 saturated heterocycles. The highest BCUT2D eigenvalue weighted by molar-refractivity contribution is 5.76. The van der Waals surface area contributed by atoms with Crippen LogP contribution in [-0.2, 0) is 23.7 Å². The molecule has 54 heavy (non-hydrogen) atoms. The first kappa shape index (κ1) is 48.1. The van der Waals surface area contributed by atoms with Crippen LogP contribution in [0.2, 0.25) is 0 Å². The van der Waals surface area contributed by atoms with Crippen LogP contribution in [0.1, 0.15) is 104 Å². The summed E-state index contributed by atoms with van der Waals surface area (Å²) in [4.78, 5) is 13.0. The molecule has 0 aromatic heterocycles. The van der Waals surface area contributed by atoms with Gasteiger partial charge in [0, 0.05) is 6.42 Å². The third-order valence-electron chi connectivity index (χ3n) is 9.57. The zero-order valence-electron chi connectivity index (χ0n) is 32.2. The molecule has 2 fully saturated rings. The van der Waals surface area contributed by atoms with Crippen LogP contribution in [0.4, 0.5) is 0 Å². The van der Waals surface area contributed by atoms with Crippen molar-refractivity contribution in [3.8, 4) is 0 Å². The van der Waals surface area contributed by atoms with Crippen LogP contribution in [0.15, 0.2) is 48.6 Å². The number of aliphatic hydroxyl groups excluding tert-OH is 8. The van der Waals surface area contributed by atoms with Gasteiger partial charge in [0.15, 0.2) is 12.6 Å². The number of amides is 1. The van der Waals surface area contributed by atoms with Gasteiger partial charge in [-0.3, -0.25) is 4.79 Å². The Labute approximate surface area is 321 Å². The van der Waals surface area contributed by atoms with E-state index in [0.717, 1.165) is 57.8 Å². The molecule has 0 aromatic carbocycles. The average molecular weight is 772 g/mol. The number of unbranched alkanes of at least 4 members (excludes halogenated alkanes) is 6. The summed E-state index contributed by atoms with van der Waals surface area (Å²) in [5, 5.41) is 86.0. The normalized spacial score (nSPS) is 30.6. The van der Waals surface area contributed by atoms with E-state index in [2.05, 4.69) is 55.6 Å². The highest BCUT2D eigenvalue weighted by atomic mass is 16.7. The molecule has 2 aliphatic rings. The summed E-state index contributed by atoms with van der Waals surface area (Å²) in [6, 6.07) is -0.862. The second kappa shape index (κ2) is 28.4. The molecule has 0 aliphatic carbocycles. The summed E-state index contributed by atoms with van der Waals surface area (Å²) in [7, 11) is 0. The van der Waals surface area contributed by atoms with Gasteiger partial charge in [0.05, 0.1) is 32.0 Å². The Bertz CT molecular complexity index is 1100. The number of nitrogens with one attached hydrogen (secondary N) is 1.